The fourth-order valence-electron chi connectivity index (χ4n) is 2.92. The Morgan fingerprint density at radius 3 is 2.80 bits per heavy atom. The first-order valence-electron chi connectivity index (χ1n) is 6.92. The van der Waals surface area contributed by atoms with Crippen LogP contribution in [0.15, 0.2) is 28.7 Å². The molecular formula is C16H19BrN2S. The highest BCUT2D eigenvalue weighted by atomic mass is 79.9. The van der Waals surface area contributed by atoms with Gasteiger partial charge in [-0.3, -0.25) is 0 Å². The molecule has 3 rings (SSSR count). The van der Waals surface area contributed by atoms with Gasteiger partial charge in [0, 0.05) is 21.0 Å². The normalized spacial score (nSPS) is 20.7. The monoisotopic (exact) mass is 350 g/mol. The van der Waals surface area contributed by atoms with Gasteiger partial charge in [-0.15, -0.1) is 11.3 Å². The van der Waals surface area contributed by atoms with E-state index in [-0.39, 0.29) is 0 Å². The van der Waals surface area contributed by atoms with Crippen LogP contribution in [0, 0.1) is 5.41 Å². The Morgan fingerprint density at radius 1 is 1.35 bits per heavy atom. The summed E-state index contributed by atoms with van der Waals surface area (Å²) in [4.78, 5) is 6.34. The lowest BCUT2D eigenvalue weighted by Crippen LogP contribution is -2.30. The van der Waals surface area contributed by atoms with E-state index in [1.165, 1.54) is 22.6 Å². The number of rotatable bonds is 2. The minimum absolute atomic E-state index is 0.319. The summed E-state index contributed by atoms with van der Waals surface area (Å²) >= 11 is 5.46. The molecule has 106 valence electrons. The molecule has 0 fully saturated rings. The summed E-state index contributed by atoms with van der Waals surface area (Å²) < 4.78 is 1.12. The van der Waals surface area contributed by atoms with E-state index in [0.29, 0.717) is 11.5 Å². The molecule has 1 unspecified atom stereocenters. The molecule has 4 heteroatoms. The van der Waals surface area contributed by atoms with Crippen molar-refractivity contribution in [3.63, 3.8) is 0 Å². The second kappa shape index (κ2) is 5.24. The van der Waals surface area contributed by atoms with Gasteiger partial charge in [-0.25, -0.2) is 4.98 Å². The molecule has 1 atom stereocenters. The van der Waals surface area contributed by atoms with E-state index >= 15 is 0 Å². The lowest BCUT2D eigenvalue weighted by Gasteiger charge is -2.34. The highest BCUT2D eigenvalue weighted by Gasteiger charge is 2.34. The number of nitrogens with zero attached hydrogens (tertiary/aromatic N) is 1. The lowest BCUT2D eigenvalue weighted by molar-refractivity contribution is 0.265. The maximum Gasteiger partial charge on any atom is 0.125 e. The van der Waals surface area contributed by atoms with E-state index in [9.17, 15) is 0 Å². The Morgan fingerprint density at radius 2 is 2.10 bits per heavy atom. The number of benzene rings is 1. The largest absolute Gasteiger partial charge is 0.312 e. The van der Waals surface area contributed by atoms with Crippen LogP contribution in [-0.2, 0) is 6.42 Å². The molecule has 0 aliphatic heterocycles. The van der Waals surface area contributed by atoms with Gasteiger partial charge >= 0.3 is 0 Å². The van der Waals surface area contributed by atoms with Crippen LogP contribution in [0.25, 0.3) is 10.6 Å². The molecule has 0 spiro atoms. The van der Waals surface area contributed by atoms with Gasteiger partial charge in [0.2, 0.25) is 0 Å². The quantitative estimate of drug-likeness (QED) is 0.840. The highest BCUT2D eigenvalue weighted by molar-refractivity contribution is 9.10. The van der Waals surface area contributed by atoms with Crippen molar-refractivity contribution in [2.45, 2.75) is 32.7 Å². The molecule has 0 bridgehead atoms. The zero-order valence-corrected chi connectivity index (χ0v) is 14.4. The second-order valence-electron chi connectivity index (χ2n) is 6.20. The molecule has 1 aliphatic carbocycles. The van der Waals surface area contributed by atoms with E-state index in [1.807, 2.05) is 24.5 Å². The number of fused-ring (bicyclic) bond motifs is 1. The molecule has 1 heterocycles. The summed E-state index contributed by atoms with van der Waals surface area (Å²) in [5.41, 5.74) is 2.79. The van der Waals surface area contributed by atoms with Gasteiger partial charge in [0.05, 0.1) is 5.69 Å². The van der Waals surface area contributed by atoms with Crippen molar-refractivity contribution in [3.05, 3.63) is 39.3 Å². The highest BCUT2D eigenvalue weighted by Crippen LogP contribution is 2.45. The number of aromatic nitrogens is 1. The van der Waals surface area contributed by atoms with Crippen LogP contribution in [0.1, 0.15) is 36.9 Å². The molecule has 2 nitrogen and oxygen atoms in total. The third kappa shape index (κ3) is 2.57. The van der Waals surface area contributed by atoms with E-state index in [2.05, 4.69) is 53.3 Å². The summed E-state index contributed by atoms with van der Waals surface area (Å²) in [6.07, 6.45) is 2.25. The van der Waals surface area contributed by atoms with Crippen molar-refractivity contribution in [2.75, 3.05) is 7.05 Å². The maximum absolute atomic E-state index is 4.92. The van der Waals surface area contributed by atoms with E-state index in [4.69, 9.17) is 4.98 Å². The average Bonchev–Trinajstić information content (AvgIpc) is 2.80. The van der Waals surface area contributed by atoms with Gasteiger partial charge in [-0.05, 0) is 31.4 Å². The van der Waals surface area contributed by atoms with Gasteiger partial charge in [-0.1, -0.05) is 48.0 Å². The Hall–Kier alpha value is -0.710. The molecular weight excluding hydrogens is 332 g/mol. The van der Waals surface area contributed by atoms with Crippen LogP contribution in [0.5, 0.6) is 0 Å². The summed E-state index contributed by atoms with van der Waals surface area (Å²) in [5.74, 6) is 0. The van der Waals surface area contributed by atoms with E-state index in [0.717, 1.165) is 15.9 Å². The summed E-state index contributed by atoms with van der Waals surface area (Å²) in [5, 5.41) is 4.58. The van der Waals surface area contributed by atoms with Gasteiger partial charge in [0.15, 0.2) is 0 Å². The van der Waals surface area contributed by atoms with Crippen LogP contribution in [0.3, 0.4) is 0 Å². The van der Waals surface area contributed by atoms with Crippen LogP contribution < -0.4 is 5.32 Å². The van der Waals surface area contributed by atoms with Crippen molar-refractivity contribution in [1.29, 1.82) is 0 Å². The fraction of sp³-hybridized carbons (Fsp3) is 0.438. The minimum atomic E-state index is 0.319. The standard InChI is InChI=1S/C16H19BrN2S/c1-16(2)8-12(18-3)14-13(9-16)19-15(20-14)10-6-4-5-7-11(10)17/h4-7,12,18H,8-9H2,1-3H3. The third-order valence-corrected chi connectivity index (χ3v) is 5.84. The topological polar surface area (TPSA) is 24.9 Å². The van der Waals surface area contributed by atoms with Crippen LogP contribution in [0.2, 0.25) is 0 Å². The number of thiazole rings is 1. The van der Waals surface area contributed by atoms with E-state index in [1.54, 1.807) is 0 Å². The van der Waals surface area contributed by atoms with Gasteiger partial charge in [-0.2, -0.15) is 0 Å². The first kappa shape index (κ1) is 14.2. The number of hydrogen-bond acceptors (Lipinski definition) is 3. The predicted molar refractivity (Wildman–Crippen MR) is 89.2 cm³/mol. The minimum Gasteiger partial charge on any atom is -0.312 e. The Labute approximate surface area is 132 Å². The predicted octanol–water partition coefficient (Wildman–Crippen LogP) is 4.81. The molecule has 0 radical (unpaired) electrons. The molecule has 1 N–H and O–H groups in total. The molecule has 1 aromatic heterocycles. The molecule has 2 aromatic rings. The average molecular weight is 351 g/mol. The zero-order chi connectivity index (χ0) is 14.3. The van der Waals surface area contributed by atoms with Crippen LogP contribution in [-0.4, -0.2) is 12.0 Å². The van der Waals surface area contributed by atoms with Crippen molar-refractivity contribution in [3.8, 4) is 10.6 Å². The molecule has 0 saturated carbocycles. The number of nitrogens with one attached hydrogen (secondary N) is 1. The third-order valence-electron chi connectivity index (χ3n) is 3.90. The first-order valence-corrected chi connectivity index (χ1v) is 8.53. The zero-order valence-electron chi connectivity index (χ0n) is 12.0. The van der Waals surface area contributed by atoms with Crippen molar-refractivity contribution in [2.24, 2.45) is 5.41 Å². The lowest BCUT2D eigenvalue weighted by atomic mass is 9.76. The summed E-state index contributed by atoms with van der Waals surface area (Å²) in [6, 6.07) is 8.76. The van der Waals surface area contributed by atoms with Crippen molar-refractivity contribution >= 4 is 27.3 Å². The Balaban J connectivity index is 2.07. The Bertz CT molecular complexity index is 633. The smallest absolute Gasteiger partial charge is 0.125 e. The molecule has 20 heavy (non-hydrogen) atoms. The van der Waals surface area contributed by atoms with Gasteiger partial charge < -0.3 is 5.32 Å². The molecule has 0 saturated heterocycles. The summed E-state index contributed by atoms with van der Waals surface area (Å²) in [6.45, 7) is 4.66. The number of halogens is 1. The fourth-order valence-corrected chi connectivity index (χ4v) is 4.75. The van der Waals surface area contributed by atoms with E-state index < -0.39 is 0 Å². The Kier molecular flexibility index (Phi) is 3.73. The van der Waals surface area contributed by atoms with Crippen molar-refractivity contribution < 1.29 is 0 Å². The first-order chi connectivity index (χ1) is 9.50. The molecule has 1 aliphatic rings. The van der Waals surface area contributed by atoms with Gasteiger partial charge in [0.25, 0.3) is 0 Å². The maximum atomic E-state index is 4.92. The SMILES string of the molecule is CNC1CC(C)(C)Cc2nc(-c3ccccc3Br)sc21. The molecule has 1 aromatic carbocycles. The van der Waals surface area contributed by atoms with Crippen LogP contribution >= 0.6 is 27.3 Å². The van der Waals surface area contributed by atoms with Crippen molar-refractivity contribution in [1.82, 2.24) is 10.3 Å². The van der Waals surface area contributed by atoms with Crippen LogP contribution in [0.4, 0.5) is 0 Å². The number of hydrogen-bond donors (Lipinski definition) is 1. The molecule has 0 amide bonds. The second-order valence-corrected chi connectivity index (χ2v) is 8.08. The summed E-state index contributed by atoms with van der Waals surface area (Å²) in [7, 11) is 2.05. The van der Waals surface area contributed by atoms with Gasteiger partial charge in [0.1, 0.15) is 5.01 Å².